The van der Waals surface area contributed by atoms with E-state index in [-0.39, 0.29) is 23.3 Å². The van der Waals surface area contributed by atoms with Gasteiger partial charge in [0.1, 0.15) is 17.0 Å². The summed E-state index contributed by atoms with van der Waals surface area (Å²) >= 11 is 1.42. The number of thiophene rings is 1. The summed E-state index contributed by atoms with van der Waals surface area (Å²) in [6.07, 6.45) is 4.12. The molecule has 5 rings (SSSR count). The molecule has 9 heteroatoms. The van der Waals surface area contributed by atoms with Gasteiger partial charge in [0, 0.05) is 19.6 Å². The number of sulfone groups is 1. The fraction of sp³-hybridized carbons (Fsp3) is 0.458. The Bertz CT molecular complexity index is 1270. The number of aryl methyl sites for hydroxylation is 1. The topological polar surface area (TPSA) is 92.3 Å². The lowest BCUT2D eigenvalue weighted by molar-refractivity contribution is 0.0717. The average molecular weight is 485 g/mol. The van der Waals surface area contributed by atoms with Crippen molar-refractivity contribution in [3.8, 4) is 0 Å². The van der Waals surface area contributed by atoms with Gasteiger partial charge in [0.05, 0.1) is 21.8 Å². The van der Waals surface area contributed by atoms with Crippen LogP contribution in [-0.2, 0) is 9.84 Å². The highest BCUT2D eigenvalue weighted by Gasteiger charge is 2.29. The Kier molecular flexibility index (Phi) is 6.09. The van der Waals surface area contributed by atoms with Gasteiger partial charge in [-0.3, -0.25) is 4.79 Å². The monoisotopic (exact) mass is 484 g/mol. The molecule has 2 aliphatic rings. The average Bonchev–Trinajstić information content (AvgIpc) is 3.36. The van der Waals surface area contributed by atoms with Gasteiger partial charge in [0.2, 0.25) is 0 Å². The second-order valence-corrected chi connectivity index (χ2v) is 12.3. The lowest BCUT2D eigenvalue weighted by Crippen LogP contribution is -2.37. The zero-order valence-electron chi connectivity index (χ0n) is 18.7. The van der Waals surface area contributed by atoms with Crippen LogP contribution in [0, 0.1) is 12.8 Å². The normalized spacial score (nSPS) is 20.9. The number of hydrogen-bond acceptors (Lipinski definition) is 7. The van der Waals surface area contributed by atoms with E-state index in [1.54, 1.807) is 0 Å². The maximum absolute atomic E-state index is 13.4. The van der Waals surface area contributed by atoms with Crippen LogP contribution in [-0.4, -0.2) is 60.3 Å². The number of anilines is 1. The van der Waals surface area contributed by atoms with E-state index in [1.807, 2.05) is 17.9 Å². The number of amides is 1. The minimum Gasteiger partial charge on any atom is -0.369 e. The highest BCUT2D eigenvalue weighted by atomic mass is 32.2. The van der Waals surface area contributed by atoms with Crippen molar-refractivity contribution in [3.05, 3.63) is 52.7 Å². The van der Waals surface area contributed by atoms with E-state index in [0.717, 1.165) is 46.6 Å². The number of aromatic nitrogens is 2. The molecule has 1 N–H and O–H groups in total. The number of likely N-dealkylation sites (tertiary alicyclic amines) is 1. The summed E-state index contributed by atoms with van der Waals surface area (Å²) in [6, 6.07) is 10.5. The number of rotatable bonds is 5. The largest absolute Gasteiger partial charge is 0.369 e. The van der Waals surface area contributed by atoms with Crippen molar-refractivity contribution in [1.29, 1.82) is 0 Å². The van der Waals surface area contributed by atoms with Crippen molar-refractivity contribution in [2.45, 2.75) is 32.1 Å². The van der Waals surface area contributed by atoms with E-state index >= 15 is 0 Å². The molecule has 4 heterocycles. The van der Waals surface area contributed by atoms with Crippen molar-refractivity contribution >= 4 is 43.1 Å². The molecule has 2 saturated heterocycles. The summed E-state index contributed by atoms with van der Waals surface area (Å²) in [7, 11) is -2.91. The first-order valence-corrected chi connectivity index (χ1v) is 14.1. The second kappa shape index (κ2) is 9.02. The Morgan fingerprint density at radius 3 is 2.61 bits per heavy atom. The summed E-state index contributed by atoms with van der Waals surface area (Å²) in [6.45, 7) is 4.01. The van der Waals surface area contributed by atoms with Crippen molar-refractivity contribution in [2.24, 2.45) is 5.92 Å². The zero-order chi connectivity index (χ0) is 23.0. The third-order valence-corrected chi connectivity index (χ3v) is 9.88. The van der Waals surface area contributed by atoms with Gasteiger partial charge in [-0.1, -0.05) is 30.3 Å². The molecule has 3 aromatic rings. The van der Waals surface area contributed by atoms with Crippen molar-refractivity contribution in [1.82, 2.24) is 14.9 Å². The minimum atomic E-state index is -2.91. The fourth-order valence-electron chi connectivity index (χ4n) is 4.97. The van der Waals surface area contributed by atoms with E-state index in [1.165, 1.54) is 23.2 Å². The van der Waals surface area contributed by atoms with Gasteiger partial charge >= 0.3 is 0 Å². The second-order valence-electron chi connectivity index (χ2n) is 9.09. The van der Waals surface area contributed by atoms with Crippen LogP contribution in [0.25, 0.3) is 10.2 Å². The standard InChI is InChI=1S/C24H28N4O3S2/c1-16-20-22(25-13-17-9-12-33(30,31)14-17)26-15-27-23(20)32-21(16)24(29)28-10-7-19(8-11-28)18-5-3-2-4-6-18/h2-6,15,17,19H,7-14H2,1H3,(H,25,26,27)/t17-/m0/s1. The molecule has 174 valence electrons. The van der Waals surface area contributed by atoms with Gasteiger partial charge in [-0.25, -0.2) is 18.4 Å². The summed E-state index contributed by atoms with van der Waals surface area (Å²) < 4.78 is 23.5. The Labute approximate surface area is 198 Å². The predicted octanol–water partition coefficient (Wildman–Crippen LogP) is 3.87. The molecule has 0 radical (unpaired) electrons. The fourth-order valence-corrected chi connectivity index (χ4v) is 7.95. The van der Waals surface area contributed by atoms with E-state index in [2.05, 4.69) is 39.6 Å². The lowest BCUT2D eigenvalue weighted by atomic mass is 9.89. The molecule has 33 heavy (non-hydrogen) atoms. The number of carbonyl (C=O) groups excluding carboxylic acids is 1. The molecule has 0 bridgehead atoms. The summed E-state index contributed by atoms with van der Waals surface area (Å²) in [5.41, 5.74) is 2.25. The molecular weight excluding hydrogens is 456 g/mol. The van der Waals surface area contributed by atoms with E-state index in [4.69, 9.17) is 0 Å². The van der Waals surface area contributed by atoms with Gasteiger partial charge in [0.15, 0.2) is 9.84 Å². The molecule has 2 fully saturated rings. The lowest BCUT2D eigenvalue weighted by Gasteiger charge is -2.32. The Hall–Kier alpha value is -2.52. The first kappa shape index (κ1) is 22.3. The number of fused-ring (bicyclic) bond motifs is 1. The molecule has 1 aromatic carbocycles. The number of piperidine rings is 1. The van der Waals surface area contributed by atoms with Gasteiger partial charge in [-0.2, -0.15) is 0 Å². The maximum Gasteiger partial charge on any atom is 0.264 e. The van der Waals surface area contributed by atoms with Gasteiger partial charge < -0.3 is 10.2 Å². The molecule has 2 aromatic heterocycles. The van der Waals surface area contributed by atoms with Crippen LogP contribution in [0.4, 0.5) is 5.82 Å². The number of nitrogens with zero attached hydrogens (tertiary/aromatic N) is 3. The minimum absolute atomic E-state index is 0.0647. The summed E-state index contributed by atoms with van der Waals surface area (Å²) in [4.78, 5) is 25.7. The Morgan fingerprint density at radius 1 is 1.15 bits per heavy atom. The highest BCUT2D eigenvalue weighted by molar-refractivity contribution is 7.91. The number of nitrogens with one attached hydrogen (secondary N) is 1. The summed E-state index contributed by atoms with van der Waals surface area (Å²) in [5, 5.41) is 4.20. The summed E-state index contributed by atoms with van der Waals surface area (Å²) in [5.74, 6) is 1.82. The third-order valence-electron chi connectivity index (χ3n) is 6.86. The van der Waals surface area contributed by atoms with Crippen molar-refractivity contribution in [2.75, 3.05) is 36.5 Å². The number of carbonyl (C=O) groups is 1. The zero-order valence-corrected chi connectivity index (χ0v) is 20.3. The number of hydrogen-bond donors (Lipinski definition) is 1. The first-order chi connectivity index (χ1) is 15.9. The molecule has 0 aliphatic carbocycles. The predicted molar refractivity (Wildman–Crippen MR) is 132 cm³/mol. The van der Waals surface area contributed by atoms with E-state index in [0.29, 0.717) is 24.7 Å². The quantitative estimate of drug-likeness (QED) is 0.591. The SMILES string of the molecule is Cc1c(C(=O)N2CCC(c3ccccc3)CC2)sc2ncnc(NC[C@@H]3CCS(=O)(=O)C3)c12. The van der Waals surface area contributed by atoms with Crippen LogP contribution in [0.5, 0.6) is 0 Å². The van der Waals surface area contributed by atoms with E-state index in [9.17, 15) is 13.2 Å². The van der Waals surface area contributed by atoms with Crippen molar-refractivity contribution < 1.29 is 13.2 Å². The molecule has 0 saturated carbocycles. The van der Waals surface area contributed by atoms with Crippen LogP contribution in [0.3, 0.4) is 0 Å². The molecule has 1 atom stereocenters. The van der Waals surface area contributed by atoms with Crippen LogP contribution in [0.15, 0.2) is 36.7 Å². The highest BCUT2D eigenvalue weighted by Crippen LogP contribution is 2.36. The smallest absolute Gasteiger partial charge is 0.264 e. The van der Waals surface area contributed by atoms with Gasteiger partial charge in [-0.15, -0.1) is 11.3 Å². The molecule has 0 spiro atoms. The number of benzene rings is 1. The molecule has 2 aliphatic heterocycles. The Balaban J connectivity index is 1.30. The van der Waals surface area contributed by atoms with Crippen LogP contribution < -0.4 is 5.32 Å². The van der Waals surface area contributed by atoms with E-state index < -0.39 is 9.84 Å². The first-order valence-electron chi connectivity index (χ1n) is 11.4. The van der Waals surface area contributed by atoms with Gasteiger partial charge in [-0.05, 0) is 49.1 Å². The molecule has 7 nitrogen and oxygen atoms in total. The Morgan fingerprint density at radius 2 is 1.91 bits per heavy atom. The maximum atomic E-state index is 13.4. The van der Waals surface area contributed by atoms with Crippen LogP contribution in [0.2, 0.25) is 0 Å². The van der Waals surface area contributed by atoms with Crippen LogP contribution >= 0.6 is 11.3 Å². The molecule has 1 amide bonds. The molecule has 0 unspecified atom stereocenters. The van der Waals surface area contributed by atoms with Gasteiger partial charge in [0.25, 0.3) is 5.91 Å². The van der Waals surface area contributed by atoms with Crippen molar-refractivity contribution in [3.63, 3.8) is 0 Å². The van der Waals surface area contributed by atoms with Crippen LogP contribution in [0.1, 0.15) is 46.0 Å². The molecular formula is C24H28N4O3S2. The third kappa shape index (κ3) is 4.61.